The molecule has 3 aromatic rings. The van der Waals surface area contributed by atoms with E-state index < -0.39 is 5.91 Å². The summed E-state index contributed by atoms with van der Waals surface area (Å²) in [6.45, 7) is 0. The number of halogens is 1. The van der Waals surface area contributed by atoms with E-state index in [9.17, 15) is 4.79 Å². The van der Waals surface area contributed by atoms with Crippen LogP contribution in [0.5, 0.6) is 0 Å². The highest BCUT2D eigenvalue weighted by atomic mass is 79.9. The van der Waals surface area contributed by atoms with Crippen molar-refractivity contribution >= 4 is 38.2 Å². The Kier molecular flexibility index (Phi) is 2.26. The van der Waals surface area contributed by atoms with Crippen LogP contribution in [0, 0.1) is 0 Å². The number of thiazole rings is 1. The molecule has 0 aromatic carbocycles. The summed E-state index contributed by atoms with van der Waals surface area (Å²) < 4.78 is 3.19. The highest BCUT2D eigenvalue weighted by molar-refractivity contribution is 9.08. The van der Waals surface area contributed by atoms with Crippen LogP contribution in [0.2, 0.25) is 0 Å². The lowest BCUT2D eigenvalue weighted by atomic mass is 10.3. The first-order valence-corrected chi connectivity index (χ1v) is 6.16. The highest BCUT2D eigenvalue weighted by Crippen LogP contribution is 2.30. The van der Waals surface area contributed by atoms with Crippen molar-refractivity contribution < 1.29 is 4.79 Å². The summed E-state index contributed by atoms with van der Waals surface area (Å²) >= 11 is 4.67. The summed E-state index contributed by atoms with van der Waals surface area (Å²) in [5, 5.41) is 8.10. The number of carbonyl (C=O) groups excluding carboxylic acids is 1. The van der Waals surface area contributed by atoms with Gasteiger partial charge in [-0.3, -0.25) is 4.79 Å². The number of amides is 1. The lowest BCUT2D eigenvalue weighted by Gasteiger charge is -1.87. The molecule has 0 saturated carbocycles. The second-order valence-corrected chi connectivity index (χ2v) is 5.14. The van der Waals surface area contributed by atoms with E-state index in [2.05, 4.69) is 26.3 Å². The number of primary amides is 1. The molecule has 0 spiro atoms. The lowest BCUT2D eigenvalue weighted by Crippen LogP contribution is -2.09. The molecule has 0 aliphatic carbocycles. The molecule has 0 atom stereocenters. The molecule has 17 heavy (non-hydrogen) atoms. The van der Waals surface area contributed by atoms with Gasteiger partial charge in [0, 0.05) is 18.0 Å². The van der Waals surface area contributed by atoms with Crippen LogP contribution in [0.1, 0.15) is 10.4 Å². The van der Waals surface area contributed by atoms with Crippen LogP contribution >= 0.6 is 27.5 Å². The van der Waals surface area contributed by atoms with Crippen molar-refractivity contribution in [3.05, 3.63) is 30.4 Å². The first-order valence-electron chi connectivity index (χ1n) is 4.63. The summed E-state index contributed by atoms with van der Waals surface area (Å²) in [5.41, 5.74) is 6.66. The molecule has 0 aliphatic heterocycles. The lowest BCUT2D eigenvalue weighted by molar-refractivity contribution is 0.100. The van der Waals surface area contributed by atoms with Gasteiger partial charge in [-0.2, -0.15) is 10.2 Å². The zero-order chi connectivity index (χ0) is 12.0. The van der Waals surface area contributed by atoms with E-state index in [4.69, 9.17) is 5.73 Å². The topological polar surface area (TPSA) is 78.2 Å². The fourth-order valence-electron chi connectivity index (χ4n) is 1.51. The van der Waals surface area contributed by atoms with Gasteiger partial charge in [-0.15, -0.1) is 11.3 Å². The summed E-state index contributed by atoms with van der Waals surface area (Å²) in [7, 11) is 0. The second-order valence-electron chi connectivity index (χ2n) is 3.39. The highest BCUT2D eigenvalue weighted by Gasteiger charge is 2.14. The third-order valence-electron chi connectivity index (χ3n) is 2.30. The van der Waals surface area contributed by atoms with Gasteiger partial charge in [-0.05, 0) is 0 Å². The van der Waals surface area contributed by atoms with Gasteiger partial charge in [0.15, 0.2) is 0 Å². The third-order valence-corrected chi connectivity index (χ3v) is 3.85. The Labute approximate surface area is 108 Å². The van der Waals surface area contributed by atoms with Gasteiger partial charge in [-0.1, -0.05) is 0 Å². The molecule has 2 N–H and O–H groups in total. The van der Waals surface area contributed by atoms with E-state index in [1.807, 2.05) is 12.4 Å². The summed E-state index contributed by atoms with van der Waals surface area (Å²) in [4.78, 5) is 12.9. The number of carbonyl (C=O) groups is 1. The average Bonchev–Trinajstić information content (AvgIpc) is 2.89. The van der Waals surface area contributed by atoms with E-state index in [0.29, 0.717) is 5.56 Å². The molecule has 0 saturated heterocycles. The Hall–Kier alpha value is -1.67. The van der Waals surface area contributed by atoms with E-state index in [1.165, 1.54) is 17.5 Å². The summed E-state index contributed by atoms with van der Waals surface area (Å²) in [5.74, 6) is -0.468. The van der Waals surface area contributed by atoms with Gasteiger partial charge < -0.3 is 5.73 Å². The summed E-state index contributed by atoms with van der Waals surface area (Å²) in [6, 6.07) is 0. The van der Waals surface area contributed by atoms with Crippen LogP contribution < -0.4 is 5.73 Å². The fourth-order valence-corrected chi connectivity index (χ4v) is 2.87. The minimum atomic E-state index is -0.468. The summed E-state index contributed by atoms with van der Waals surface area (Å²) in [6.07, 6.45) is 6.88. The standard InChI is InChI=1S/C9H6BrN5OS/c10-15-3-5(1-13-15)7-4-14-9(17-7)6(2-12-14)8(11)16/h1-4H,(H2,11,16). The van der Waals surface area contributed by atoms with Gasteiger partial charge in [0.25, 0.3) is 5.91 Å². The minimum absolute atomic E-state index is 0.437. The number of fused-ring (bicyclic) bond motifs is 1. The van der Waals surface area contributed by atoms with E-state index in [-0.39, 0.29) is 0 Å². The van der Waals surface area contributed by atoms with Crippen LogP contribution in [-0.4, -0.2) is 24.3 Å². The minimum Gasteiger partial charge on any atom is -0.365 e. The van der Waals surface area contributed by atoms with Crippen LogP contribution in [0.3, 0.4) is 0 Å². The molecule has 86 valence electrons. The van der Waals surface area contributed by atoms with E-state index >= 15 is 0 Å². The first-order chi connectivity index (χ1) is 8.15. The molecule has 3 rings (SSSR count). The van der Waals surface area contributed by atoms with Crippen molar-refractivity contribution in [2.24, 2.45) is 5.73 Å². The maximum absolute atomic E-state index is 11.2. The smallest absolute Gasteiger partial charge is 0.253 e. The SMILES string of the molecule is NC(=O)c1cnn2cc(-c3cnn(Br)c3)sc12. The Morgan fingerprint density at radius 1 is 1.35 bits per heavy atom. The van der Waals surface area contributed by atoms with Gasteiger partial charge in [0.1, 0.15) is 4.83 Å². The zero-order valence-electron chi connectivity index (χ0n) is 8.37. The molecular formula is C9H6BrN5OS. The molecule has 6 nitrogen and oxygen atoms in total. The molecule has 0 radical (unpaired) electrons. The average molecular weight is 312 g/mol. The molecule has 1 amide bonds. The number of aromatic nitrogens is 4. The Morgan fingerprint density at radius 2 is 2.18 bits per heavy atom. The predicted octanol–water partition coefficient (Wildman–Crippen LogP) is 1.52. The van der Waals surface area contributed by atoms with Crippen LogP contribution in [0.15, 0.2) is 24.8 Å². The molecule has 3 aromatic heterocycles. The zero-order valence-corrected chi connectivity index (χ0v) is 10.8. The quantitative estimate of drug-likeness (QED) is 0.779. The maximum atomic E-state index is 11.2. The Bertz CT molecular complexity index is 712. The van der Waals surface area contributed by atoms with Crippen LogP contribution in [-0.2, 0) is 0 Å². The van der Waals surface area contributed by atoms with Gasteiger partial charge in [0.05, 0.1) is 39.0 Å². The largest absolute Gasteiger partial charge is 0.365 e. The van der Waals surface area contributed by atoms with E-state index in [0.717, 1.165) is 15.3 Å². The number of hydrogen-bond acceptors (Lipinski definition) is 4. The number of nitrogens with two attached hydrogens (primary N) is 1. The molecule has 0 unspecified atom stereocenters. The molecule has 3 heterocycles. The molecule has 0 fully saturated rings. The number of rotatable bonds is 2. The Balaban J connectivity index is 2.17. The van der Waals surface area contributed by atoms with E-state index in [1.54, 1.807) is 14.4 Å². The fraction of sp³-hybridized carbons (Fsp3) is 0. The molecular weight excluding hydrogens is 306 g/mol. The van der Waals surface area contributed by atoms with Crippen LogP contribution in [0.4, 0.5) is 0 Å². The van der Waals surface area contributed by atoms with Crippen molar-refractivity contribution in [3.8, 4) is 10.4 Å². The van der Waals surface area contributed by atoms with Crippen molar-refractivity contribution in [2.45, 2.75) is 0 Å². The van der Waals surface area contributed by atoms with Gasteiger partial charge in [-0.25, -0.2) is 8.22 Å². The Morgan fingerprint density at radius 3 is 2.82 bits per heavy atom. The second kappa shape index (κ2) is 3.67. The van der Waals surface area contributed by atoms with Crippen LogP contribution in [0.25, 0.3) is 15.3 Å². The molecule has 8 heteroatoms. The maximum Gasteiger partial charge on any atom is 0.253 e. The number of hydrogen-bond donors (Lipinski definition) is 1. The van der Waals surface area contributed by atoms with Gasteiger partial charge in [0.2, 0.25) is 0 Å². The monoisotopic (exact) mass is 311 g/mol. The molecule has 0 aliphatic rings. The van der Waals surface area contributed by atoms with Crippen molar-refractivity contribution in [1.82, 2.24) is 18.4 Å². The number of nitrogens with zero attached hydrogens (tertiary/aromatic N) is 4. The predicted molar refractivity (Wildman–Crippen MR) is 67.1 cm³/mol. The molecule has 0 bridgehead atoms. The van der Waals surface area contributed by atoms with Crippen molar-refractivity contribution in [2.75, 3.05) is 0 Å². The van der Waals surface area contributed by atoms with Crippen molar-refractivity contribution in [1.29, 1.82) is 0 Å². The third kappa shape index (κ3) is 1.65. The van der Waals surface area contributed by atoms with Crippen molar-refractivity contribution in [3.63, 3.8) is 0 Å². The van der Waals surface area contributed by atoms with Gasteiger partial charge >= 0.3 is 0 Å². The first kappa shape index (κ1) is 10.5. The normalized spacial score (nSPS) is 11.1.